The van der Waals surface area contributed by atoms with Gasteiger partial charge in [0, 0.05) is 6.04 Å². The van der Waals surface area contributed by atoms with Gasteiger partial charge >= 0.3 is 12.3 Å². The van der Waals surface area contributed by atoms with Gasteiger partial charge in [-0.05, 0) is 61.8 Å². The second-order valence-electron chi connectivity index (χ2n) is 6.27. The van der Waals surface area contributed by atoms with Crippen LogP contribution in [-0.2, 0) is 17.3 Å². The molecule has 0 spiro atoms. The van der Waals surface area contributed by atoms with Gasteiger partial charge in [0.25, 0.3) is 0 Å². The average molecular weight is 327 g/mol. The first kappa shape index (κ1) is 16.1. The molecule has 126 valence electrons. The molecule has 0 bridgehead atoms. The molecule has 1 atom stereocenters. The van der Waals surface area contributed by atoms with Gasteiger partial charge in [-0.1, -0.05) is 6.92 Å². The van der Waals surface area contributed by atoms with Crippen LogP contribution in [-0.4, -0.2) is 18.7 Å². The van der Waals surface area contributed by atoms with Crippen LogP contribution >= 0.6 is 0 Å². The van der Waals surface area contributed by atoms with Crippen molar-refractivity contribution >= 4 is 11.8 Å². The lowest BCUT2D eigenvalue weighted by molar-refractivity contribution is -0.137. The van der Waals surface area contributed by atoms with Crippen LogP contribution in [0.4, 0.5) is 23.7 Å². The van der Waals surface area contributed by atoms with Crippen LogP contribution in [0.15, 0.2) is 18.2 Å². The number of rotatable bonds is 3. The highest BCUT2D eigenvalue weighted by molar-refractivity contribution is 5.90. The number of carbonyl (C=O) groups excluding carboxylic acids is 1. The van der Waals surface area contributed by atoms with E-state index in [9.17, 15) is 18.0 Å². The van der Waals surface area contributed by atoms with Crippen LogP contribution in [0.25, 0.3) is 0 Å². The summed E-state index contributed by atoms with van der Waals surface area (Å²) in [5.74, 6) is 0.444. The molecule has 1 aromatic carbocycles. The number of anilines is 1. The molecule has 1 fully saturated rings. The van der Waals surface area contributed by atoms with Crippen molar-refractivity contribution in [2.24, 2.45) is 5.92 Å². The Morgan fingerprint density at radius 3 is 2.65 bits per heavy atom. The van der Waals surface area contributed by atoms with E-state index < -0.39 is 17.8 Å². The number of hydrogen-bond acceptors (Lipinski definition) is 2. The van der Waals surface area contributed by atoms with Gasteiger partial charge in [-0.2, -0.15) is 13.2 Å². The fraction of sp³-hybridized carbons (Fsp3) is 0.588. The number of hydrogen-bond donors (Lipinski definition) is 0. The van der Waals surface area contributed by atoms with Crippen molar-refractivity contribution in [3.63, 3.8) is 0 Å². The normalized spacial score (nSPS) is 21.0. The maximum atomic E-state index is 12.9. The van der Waals surface area contributed by atoms with Crippen LogP contribution in [0, 0.1) is 5.92 Å². The molecule has 1 unspecified atom stereocenters. The van der Waals surface area contributed by atoms with Gasteiger partial charge in [0.05, 0.1) is 17.9 Å². The van der Waals surface area contributed by atoms with Gasteiger partial charge in [0.1, 0.15) is 0 Å². The van der Waals surface area contributed by atoms with Crippen molar-refractivity contribution in [1.29, 1.82) is 0 Å². The highest BCUT2D eigenvalue weighted by atomic mass is 19.4. The van der Waals surface area contributed by atoms with E-state index in [0.29, 0.717) is 43.0 Å². The van der Waals surface area contributed by atoms with E-state index in [4.69, 9.17) is 4.74 Å². The Morgan fingerprint density at radius 1 is 1.30 bits per heavy atom. The maximum Gasteiger partial charge on any atom is 0.416 e. The van der Waals surface area contributed by atoms with E-state index in [0.717, 1.165) is 18.9 Å². The molecule has 1 aliphatic carbocycles. The summed E-state index contributed by atoms with van der Waals surface area (Å²) in [4.78, 5) is 14.0. The molecule has 3 nitrogen and oxygen atoms in total. The fourth-order valence-corrected chi connectivity index (χ4v) is 3.23. The minimum Gasteiger partial charge on any atom is -0.449 e. The molecule has 0 N–H and O–H groups in total. The van der Waals surface area contributed by atoms with Crippen LogP contribution in [0.1, 0.15) is 43.7 Å². The first-order valence-electron chi connectivity index (χ1n) is 8.08. The Morgan fingerprint density at radius 2 is 2.04 bits per heavy atom. The number of halogens is 3. The maximum absolute atomic E-state index is 12.9. The summed E-state index contributed by atoms with van der Waals surface area (Å²) in [5.41, 5.74) is 0.482. The summed E-state index contributed by atoms with van der Waals surface area (Å²) in [5, 5.41) is 0. The second-order valence-corrected chi connectivity index (χ2v) is 6.27. The van der Waals surface area contributed by atoms with Gasteiger partial charge in [0.2, 0.25) is 0 Å². The second kappa shape index (κ2) is 6.06. The Bertz CT molecular complexity index is 596. The molecule has 0 saturated heterocycles. The van der Waals surface area contributed by atoms with E-state index in [2.05, 4.69) is 0 Å². The highest BCUT2D eigenvalue weighted by Gasteiger charge is 2.42. The third-order valence-corrected chi connectivity index (χ3v) is 4.50. The predicted molar refractivity (Wildman–Crippen MR) is 80.4 cm³/mol. The zero-order valence-corrected chi connectivity index (χ0v) is 13.0. The summed E-state index contributed by atoms with van der Waals surface area (Å²) < 4.78 is 43.9. The Balaban J connectivity index is 1.93. The first-order valence-corrected chi connectivity index (χ1v) is 8.08. The molecule has 6 heteroatoms. The van der Waals surface area contributed by atoms with Crippen molar-refractivity contribution in [1.82, 2.24) is 0 Å². The van der Waals surface area contributed by atoms with Crippen LogP contribution < -0.4 is 4.90 Å². The minimum absolute atomic E-state index is 0.0450. The van der Waals surface area contributed by atoms with Gasteiger partial charge in [0.15, 0.2) is 0 Å². The quantitative estimate of drug-likeness (QED) is 0.799. The van der Waals surface area contributed by atoms with Crippen molar-refractivity contribution in [2.75, 3.05) is 11.5 Å². The minimum atomic E-state index is -4.37. The molecule has 1 aromatic rings. The van der Waals surface area contributed by atoms with Crippen molar-refractivity contribution in [3.05, 3.63) is 29.3 Å². The summed E-state index contributed by atoms with van der Waals surface area (Å²) in [6.07, 6.45) is -0.692. The van der Waals surface area contributed by atoms with Crippen LogP contribution in [0.2, 0.25) is 0 Å². The third kappa shape index (κ3) is 3.31. The first-order chi connectivity index (χ1) is 10.9. The van der Waals surface area contributed by atoms with E-state index >= 15 is 0 Å². The van der Waals surface area contributed by atoms with E-state index in [1.54, 1.807) is 4.90 Å². The van der Waals surface area contributed by atoms with Crippen LogP contribution in [0.3, 0.4) is 0 Å². The lowest BCUT2D eigenvalue weighted by Gasteiger charge is -2.37. The number of alkyl halides is 3. The molecule has 3 rings (SSSR count). The van der Waals surface area contributed by atoms with E-state index in [-0.39, 0.29) is 6.04 Å². The highest BCUT2D eigenvalue weighted by Crippen LogP contribution is 2.44. The lowest BCUT2D eigenvalue weighted by atomic mass is 9.92. The zero-order valence-electron chi connectivity index (χ0n) is 13.0. The number of ether oxygens (including phenoxy) is 1. The fourth-order valence-electron chi connectivity index (χ4n) is 3.23. The topological polar surface area (TPSA) is 29.5 Å². The number of amides is 1. The zero-order chi connectivity index (χ0) is 16.6. The lowest BCUT2D eigenvalue weighted by Crippen LogP contribution is -2.45. The Kier molecular flexibility index (Phi) is 4.25. The van der Waals surface area contributed by atoms with Gasteiger partial charge in [-0.25, -0.2) is 4.79 Å². The van der Waals surface area contributed by atoms with Crippen LogP contribution in [0.5, 0.6) is 0 Å². The summed E-state index contributed by atoms with van der Waals surface area (Å²) >= 11 is 0. The molecule has 0 radical (unpaired) electrons. The third-order valence-electron chi connectivity index (χ3n) is 4.50. The molecule has 2 aliphatic rings. The number of carbonyl (C=O) groups is 1. The monoisotopic (exact) mass is 327 g/mol. The molecular weight excluding hydrogens is 307 g/mol. The SMILES string of the molecule is CCCOC(=O)N1c2ccc(C(F)(F)F)cc2CCC1C1CC1. The van der Waals surface area contributed by atoms with E-state index in [1.807, 2.05) is 6.92 Å². The summed E-state index contributed by atoms with van der Waals surface area (Å²) in [6.45, 7) is 2.23. The molecule has 1 amide bonds. The average Bonchev–Trinajstić information content (AvgIpc) is 3.34. The van der Waals surface area contributed by atoms with E-state index in [1.165, 1.54) is 12.1 Å². The summed E-state index contributed by atoms with van der Waals surface area (Å²) in [7, 11) is 0. The molecule has 1 heterocycles. The number of fused-ring (bicyclic) bond motifs is 1. The van der Waals surface area contributed by atoms with Crippen molar-refractivity contribution < 1.29 is 22.7 Å². The molecule has 1 aliphatic heterocycles. The van der Waals surface area contributed by atoms with Gasteiger partial charge < -0.3 is 4.74 Å². The largest absolute Gasteiger partial charge is 0.449 e. The molecular formula is C17H20F3NO2. The smallest absolute Gasteiger partial charge is 0.416 e. The molecule has 1 saturated carbocycles. The Labute approximate surface area is 133 Å². The molecule has 0 aromatic heterocycles. The number of aryl methyl sites for hydroxylation is 1. The van der Waals surface area contributed by atoms with Gasteiger partial charge in [-0.3, -0.25) is 4.90 Å². The number of benzene rings is 1. The standard InChI is InChI=1S/C17H20F3NO2/c1-2-9-23-16(22)21-14(11-3-4-11)7-5-12-10-13(17(18,19)20)6-8-15(12)21/h6,8,10-11,14H,2-5,7,9H2,1H3. The number of nitrogens with zero attached hydrogens (tertiary/aromatic N) is 1. The van der Waals surface area contributed by atoms with Crippen molar-refractivity contribution in [3.8, 4) is 0 Å². The molecule has 23 heavy (non-hydrogen) atoms. The van der Waals surface area contributed by atoms with Gasteiger partial charge in [-0.15, -0.1) is 0 Å². The summed E-state index contributed by atoms with van der Waals surface area (Å²) in [6, 6.07) is 3.68. The Hall–Kier alpha value is -1.72. The van der Waals surface area contributed by atoms with Crippen molar-refractivity contribution in [2.45, 2.75) is 51.2 Å². The predicted octanol–water partition coefficient (Wildman–Crippen LogP) is 4.78.